The highest BCUT2D eigenvalue weighted by Crippen LogP contribution is 2.29. The van der Waals surface area contributed by atoms with Crippen molar-refractivity contribution in [3.63, 3.8) is 0 Å². The first-order chi connectivity index (χ1) is 9.48. The fraction of sp³-hybridized carbons (Fsp3) is 0.0769. The molecule has 3 aromatic heterocycles. The molecule has 3 nitrogen and oxygen atoms in total. The Morgan fingerprint density at radius 1 is 1.20 bits per heavy atom. The molecule has 0 bridgehead atoms. The number of Topliss-reactive ketones (excluding diaryl/α,β-unsaturated/α-hetero) is 1. The standard InChI is InChI=1S/C13H7F3N2OS/c14-13(15,16)11(19)10-8-4-1-2-6-18(8)12(17-10)9-5-3-7-20-9/h1-7H. The van der Waals surface area contributed by atoms with Crippen LogP contribution in [0.1, 0.15) is 10.5 Å². The van der Waals surface area contributed by atoms with Crippen LogP contribution < -0.4 is 0 Å². The van der Waals surface area contributed by atoms with Crippen LogP contribution in [-0.4, -0.2) is 21.3 Å². The van der Waals surface area contributed by atoms with Crippen LogP contribution in [0.25, 0.3) is 16.2 Å². The van der Waals surface area contributed by atoms with E-state index in [4.69, 9.17) is 0 Å². The van der Waals surface area contributed by atoms with Gasteiger partial charge in [0.05, 0.1) is 10.4 Å². The highest BCUT2D eigenvalue weighted by molar-refractivity contribution is 7.13. The maximum Gasteiger partial charge on any atom is 0.456 e. The predicted molar refractivity (Wildman–Crippen MR) is 68.9 cm³/mol. The Labute approximate surface area is 115 Å². The van der Waals surface area contributed by atoms with Crippen LogP contribution in [-0.2, 0) is 0 Å². The number of carbonyl (C=O) groups excluding carboxylic acids is 1. The highest BCUT2D eigenvalue weighted by Gasteiger charge is 2.42. The third-order valence-electron chi connectivity index (χ3n) is 2.76. The van der Waals surface area contributed by atoms with Gasteiger partial charge in [-0.1, -0.05) is 12.1 Å². The summed E-state index contributed by atoms with van der Waals surface area (Å²) in [4.78, 5) is 16.1. The number of pyridine rings is 1. The SMILES string of the molecule is O=C(c1nc(-c2cccs2)n2ccccc12)C(F)(F)F. The monoisotopic (exact) mass is 296 g/mol. The molecule has 0 aliphatic rings. The lowest BCUT2D eigenvalue weighted by Crippen LogP contribution is -2.23. The molecule has 3 heterocycles. The van der Waals surface area contributed by atoms with Gasteiger partial charge in [-0.15, -0.1) is 11.3 Å². The molecular formula is C13H7F3N2OS. The highest BCUT2D eigenvalue weighted by atomic mass is 32.1. The first kappa shape index (κ1) is 12.9. The average Bonchev–Trinajstić information content (AvgIpc) is 3.03. The van der Waals surface area contributed by atoms with Gasteiger partial charge in [0, 0.05) is 6.20 Å². The molecule has 0 radical (unpaired) electrons. The van der Waals surface area contributed by atoms with Crippen molar-refractivity contribution < 1.29 is 18.0 Å². The van der Waals surface area contributed by atoms with E-state index in [1.54, 1.807) is 35.8 Å². The minimum absolute atomic E-state index is 0.151. The van der Waals surface area contributed by atoms with Crippen molar-refractivity contribution in [1.29, 1.82) is 0 Å². The minimum Gasteiger partial charge on any atom is -0.298 e. The number of rotatable bonds is 2. The molecule has 0 aliphatic carbocycles. The molecule has 3 rings (SSSR count). The predicted octanol–water partition coefficient (Wildman–Crippen LogP) is 3.81. The summed E-state index contributed by atoms with van der Waals surface area (Å²) in [6.45, 7) is 0. The number of fused-ring (bicyclic) bond motifs is 1. The zero-order valence-corrected chi connectivity index (χ0v) is 10.7. The lowest BCUT2D eigenvalue weighted by atomic mass is 10.2. The van der Waals surface area contributed by atoms with E-state index < -0.39 is 17.7 Å². The second kappa shape index (κ2) is 4.45. The van der Waals surface area contributed by atoms with E-state index in [0.717, 1.165) is 0 Å². The summed E-state index contributed by atoms with van der Waals surface area (Å²) in [6.07, 6.45) is -3.35. The Bertz CT molecular complexity index is 775. The number of hydrogen-bond acceptors (Lipinski definition) is 3. The third kappa shape index (κ3) is 2.00. The van der Waals surface area contributed by atoms with Crippen molar-refractivity contribution in [2.75, 3.05) is 0 Å². The molecular weight excluding hydrogens is 289 g/mol. The minimum atomic E-state index is -4.93. The maximum atomic E-state index is 12.6. The van der Waals surface area contributed by atoms with Gasteiger partial charge in [0.2, 0.25) is 0 Å². The zero-order valence-electron chi connectivity index (χ0n) is 9.89. The molecule has 20 heavy (non-hydrogen) atoms. The molecule has 0 aromatic carbocycles. The van der Waals surface area contributed by atoms with Gasteiger partial charge in [-0.2, -0.15) is 13.2 Å². The van der Waals surface area contributed by atoms with Crippen LogP contribution in [0.5, 0.6) is 0 Å². The number of thiophene rings is 1. The summed E-state index contributed by atoms with van der Waals surface area (Å²) in [7, 11) is 0. The Hall–Kier alpha value is -2.15. The molecule has 0 amide bonds. The first-order valence-electron chi connectivity index (χ1n) is 5.61. The van der Waals surface area contributed by atoms with Gasteiger partial charge in [0.15, 0.2) is 5.82 Å². The molecule has 0 atom stereocenters. The average molecular weight is 296 g/mol. The number of alkyl halides is 3. The Morgan fingerprint density at radius 2 is 2.00 bits per heavy atom. The molecule has 0 aliphatic heterocycles. The number of ketones is 1. The summed E-state index contributed by atoms with van der Waals surface area (Å²) in [5, 5.41) is 1.80. The number of nitrogens with zero attached hydrogens (tertiary/aromatic N) is 2. The van der Waals surface area contributed by atoms with Gasteiger partial charge in [-0.25, -0.2) is 4.98 Å². The topological polar surface area (TPSA) is 34.4 Å². The van der Waals surface area contributed by atoms with Crippen molar-refractivity contribution in [3.8, 4) is 10.7 Å². The summed E-state index contributed by atoms with van der Waals surface area (Å²) in [5.41, 5.74) is -0.417. The van der Waals surface area contributed by atoms with Gasteiger partial charge < -0.3 is 0 Å². The molecule has 7 heteroatoms. The summed E-state index contributed by atoms with van der Waals surface area (Å²) in [5.74, 6) is -1.59. The smallest absolute Gasteiger partial charge is 0.298 e. The van der Waals surface area contributed by atoms with Gasteiger partial charge in [0.1, 0.15) is 5.69 Å². The second-order valence-corrected chi connectivity index (χ2v) is 4.99. The molecule has 0 saturated heterocycles. The molecule has 3 aromatic rings. The normalized spacial score (nSPS) is 11.9. The van der Waals surface area contributed by atoms with Crippen LogP contribution in [0, 0.1) is 0 Å². The van der Waals surface area contributed by atoms with Gasteiger partial charge in [0.25, 0.3) is 5.78 Å². The summed E-state index contributed by atoms with van der Waals surface area (Å²) in [6, 6.07) is 8.21. The maximum absolute atomic E-state index is 12.6. The number of aromatic nitrogens is 2. The largest absolute Gasteiger partial charge is 0.456 e. The first-order valence-corrected chi connectivity index (χ1v) is 6.49. The fourth-order valence-corrected chi connectivity index (χ4v) is 2.63. The van der Waals surface area contributed by atoms with Gasteiger partial charge in [-0.3, -0.25) is 9.20 Å². The van der Waals surface area contributed by atoms with Crippen molar-refractivity contribution in [1.82, 2.24) is 9.38 Å². The molecule has 0 N–H and O–H groups in total. The number of imidazole rings is 1. The lowest BCUT2D eigenvalue weighted by molar-refractivity contribution is -0.0886. The van der Waals surface area contributed by atoms with Crippen molar-refractivity contribution in [2.45, 2.75) is 6.18 Å². The fourth-order valence-electron chi connectivity index (χ4n) is 1.92. The molecule has 0 fully saturated rings. The van der Waals surface area contributed by atoms with E-state index >= 15 is 0 Å². The van der Waals surface area contributed by atoms with Crippen LogP contribution in [0.2, 0.25) is 0 Å². The van der Waals surface area contributed by atoms with Crippen LogP contribution in [0.4, 0.5) is 13.2 Å². The van der Waals surface area contributed by atoms with E-state index in [1.165, 1.54) is 21.8 Å². The number of hydrogen-bond donors (Lipinski definition) is 0. The molecule has 0 spiro atoms. The zero-order chi connectivity index (χ0) is 14.3. The Morgan fingerprint density at radius 3 is 2.65 bits per heavy atom. The molecule has 0 unspecified atom stereocenters. The van der Waals surface area contributed by atoms with Crippen molar-refractivity contribution >= 4 is 22.6 Å². The third-order valence-corrected chi connectivity index (χ3v) is 3.63. The van der Waals surface area contributed by atoms with E-state index in [9.17, 15) is 18.0 Å². The van der Waals surface area contributed by atoms with Crippen LogP contribution >= 0.6 is 11.3 Å². The number of carbonyl (C=O) groups is 1. The van der Waals surface area contributed by atoms with E-state index in [-0.39, 0.29) is 5.52 Å². The van der Waals surface area contributed by atoms with Gasteiger partial charge >= 0.3 is 6.18 Å². The Kier molecular flexibility index (Phi) is 2.86. The van der Waals surface area contributed by atoms with Crippen LogP contribution in [0.3, 0.4) is 0 Å². The quantitative estimate of drug-likeness (QED) is 0.674. The van der Waals surface area contributed by atoms with E-state index in [2.05, 4.69) is 4.98 Å². The van der Waals surface area contributed by atoms with Crippen molar-refractivity contribution in [2.24, 2.45) is 0 Å². The van der Waals surface area contributed by atoms with E-state index in [0.29, 0.717) is 10.7 Å². The van der Waals surface area contributed by atoms with Crippen LogP contribution in [0.15, 0.2) is 41.9 Å². The Balaban J connectivity index is 2.27. The molecule has 0 saturated carbocycles. The summed E-state index contributed by atoms with van der Waals surface area (Å²) < 4.78 is 39.3. The van der Waals surface area contributed by atoms with Gasteiger partial charge in [-0.05, 0) is 23.6 Å². The molecule has 102 valence electrons. The second-order valence-electron chi connectivity index (χ2n) is 4.04. The summed E-state index contributed by atoms with van der Waals surface area (Å²) >= 11 is 1.35. The number of halogens is 3. The lowest BCUT2D eigenvalue weighted by Gasteiger charge is -2.02. The van der Waals surface area contributed by atoms with E-state index in [1.807, 2.05) is 0 Å². The van der Waals surface area contributed by atoms with Crippen molar-refractivity contribution in [3.05, 3.63) is 47.6 Å².